The quantitative estimate of drug-likeness (QED) is 0.300. The molecular weight excluding hydrogens is 456 g/mol. The number of hydrogen-bond donors (Lipinski definition) is 1. The molecule has 1 aliphatic rings. The molecule has 0 unspecified atom stereocenters. The molecule has 0 amide bonds. The summed E-state index contributed by atoms with van der Waals surface area (Å²) in [6.45, 7) is 3.65. The van der Waals surface area contributed by atoms with Gasteiger partial charge in [-0.05, 0) is 49.2 Å². The molecule has 0 aliphatic carbocycles. The Balaban J connectivity index is 1.45. The number of hydrogen-bond acceptors (Lipinski definition) is 7. The minimum atomic E-state index is 0.161. The molecule has 0 bridgehead atoms. The molecule has 33 heavy (non-hydrogen) atoms. The first-order valence-electron chi connectivity index (χ1n) is 11.1. The number of thioether (sulfide) groups is 1. The van der Waals surface area contributed by atoms with Crippen LogP contribution in [0, 0.1) is 4.77 Å². The van der Waals surface area contributed by atoms with Crippen molar-refractivity contribution in [2.45, 2.75) is 49.7 Å². The molecule has 5 rings (SSSR count). The third-order valence-corrected chi connectivity index (χ3v) is 6.99. The lowest BCUT2D eigenvalue weighted by molar-refractivity contribution is 0.0953. The van der Waals surface area contributed by atoms with E-state index in [-0.39, 0.29) is 6.10 Å². The predicted molar refractivity (Wildman–Crippen MR) is 129 cm³/mol. The van der Waals surface area contributed by atoms with Crippen molar-refractivity contribution < 1.29 is 4.74 Å². The van der Waals surface area contributed by atoms with E-state index in [2.05, 4.69) is 49.1 Å². The highest BCUT2D eigenvalue weighted by Crippen LogP contribution is 2.28. The van der Waals surface area contributed by atoms with Crippen LogP contribution >= 0.6 is 24.0 Å². The van der Waals surface area contributed by atoms with E-state index < -0.39 is 0 Å². The number of nitrogens with zero attached hydrogens (tertiary/aromatic N) is 7. The van der Waals surface area contributed by atoms with Gasteiger partial charge in [0.2, 0.25) is 0 Å². The highest BCUT2D eigenvalue weighted by atomic mass is 32.2. The number of rotatable bonds is 8. The summed E-state index contributed by atoms with van der Waals surface area (Å²) in [6, 6.07) is 10.2. The summed E-state index contributed by atoms with van der Waals surface area (Å²) in [5.41, 5.74) is 3.08. The predicted octanol–water partition coefficient (Wildman–Crippen LogP) is 3.96. The van der Waals surface area contributed by atoms with Gasteiger partial charge in [0.25, 0.3) is 0 Å². The van der Waals surface area contributed by atoms with Gasteiger partial charge in [-0.15, -0.1) is 10.2 Å². The topological polar surface area (TPSA) is 91.4 Å². The van der Waals surface area contributed by atoms with Crippen molar-refractivity contribution in [3.05, 3.63) is 52.7 Å². The van der Waals surface area contributed by atoms with Gasteiger partial charge in [-0.25, -0.2) is 0 Å². The Labute approximate surface area is 201 Å². The molecule has 1 atom stereocenters. The summed E-state index contributed by atoms with van der Waals surface area (Å²) >= 11 is 7.15. The molecule has 1 N–H and O–H groups in total. The van der Waals surface area contributed by atoms with E-state index in [1.54, 1.807) is 16.4 Å². The summed E-state index contributed by atoms with van der Waals surface area (Å²) in [6.07, 6.45) is 5.11. The lowest BCUT2D eigenvalue weighted by Crippen LogP contribution is -2.17. The standard InChI is InChI=1S/C22H26N8OS2/c1-3-15-7-4-5-9-18(15)30-19(23-25-21(30)32)14-33-22-26-24-20(17-10-11-28(2)27-17)29(22)13-16-8-6-12-31-16/h4-5,7,9-11,16H,3,6,8,12-14H2,1-2H3,(H,25,32)/t16-/m1/s1. The van der Waals surface area contributed by atoms with E-state index >= 15 is 0 Å². The van der Waals surface area contributed by atoms with Gasteiger partial charge in [-0.1, -0.05) is 36.9 Å². The molecule has 9 nitrogen and oxygen atoms in total. The second kappa shape index (κ2) is 9.62. The average Bonchev–Trinajstić information content (AvgIpc) is 3.62. The van der Waals surface area contributed by atoms with Gasteiger partial charge in [0.15, 0.2) is 15.8 Å². The van der Waals surface area contributed by atoms with Crippen LogP contribution in [0.2, 0.25) is 0 Å². The van der Waals surface area contributed by atoms with Crippen LogP contribution in [0.15, 0.2) is 41.7 Å². The number of benzene rings is 1. The zero-order chi connectivity index (χ0) is 22.8. The smallest absolute Gasteiger partial charge is 0.199 e. The Morgan fingerprint density at radius 2 is 2.12 bits per heavy atom. The Morgan fingerprint density at radius 3 is 2.88 bits per heavy atom. The van der Waals surface area contributed by atoms with Gasteiger partial charge in [0.1, 0.15) is 11.5 Å². The van der Waals surface area contributed by atoms with Gasteiger partial charge in [0, 0.05) is 19.9 Å². The lowest BCUT2D eigenvalue weighted by atomic mass is 10.1. The van der Waals surface area contributed by atoms with Crippen LogP contribution in [0.25, 0.3) is 17.2 Å². The summed E-state index contributed by atoms with van der Waals surface area (Å²) in [4.78, 5) is 0. The average molecular weight is 483 g/mol. The Hall–Kier alpha value is -2.76. The second-order valence-corrected chi connectivity index (χ2v) is 9.31. The molecule has 0 spiro atoms. The number of aryl methyl sites for hydroxylation is 2. The number of para-hydroxylation sites is 1. The third kappa shape index (κ3) is 4.53. The zero-order valence-electron chi connectivity index (χ0n) is 18.6. The largest absolute Gasteiger partial charge is 0.376 e. The number of nitrogens with one attached hydrogen (secondary N) is 1. The molecular formula is C22H26N8OS2. The molecule has 0 saturated carbocycles. The van der Waals surface area contributed by atoms with Crippen molar-refractivity contribution in [2.24, 2.45) is 7.05 Å². The van der Waals surface area contributed by atoms with Crippen LogP contribution in [-0.4, -0.2) is 52.0 Å². The Kier molecular flexibility index (Phi) is 6.43. The summed E-state index contributed by atoms with van der Waals surface area (Å²) < 4.78 is 12.4. The van der Waals surface area contributed by atoms with Gasteiger partial charge in [-0.2, -0.15) is 10.2 Å². The first kappa shape index (κ1) is 22.1. The molecule has 4 heterocycles. The van der Waals surface area contributed by atoms with Crippen LogP contribution in [0.4, 0.5) is 0 Å². The van der Waals surface area contributed by atoms with Crippen molar-refractivity contribution in [3.63, 3.8) is 0 Å². The van der Waals surface area contributed by atoms with E-state index in [9.17, 15) is 0 Å². The van der Waals surface area contributed by atoms with Crippen LogP contribution < -0.4 is 0 Å². The van der Waals surface area contributed by atoms with Crippen LogP contribution in [0.1, 0.15) is 31.2 Å². The molecule has 1 saturated heterocycles. The van der Waals surface area contributed by atoms with Crippen molar-refractivity contribution in [1.29, 1.82) is 0 Å². The fourth-order valence-electron chi connectivity index (χ4n) is 4.11. The number of aromatic nitrogens is 8. The summed E-state index contributed by atoms with van der Waals surface area (Å²) in [7, 11) is 1.90. The minimum absolute atomic E-state index is 0.161. The Bertz CT molecular complexity index is 1300. The van der Waals surface area contributed by atoms with E-state index in [4.69, 9.17) is 17.0 Å². The van der Waals surface area contributed by atoms with Gasteiger partial charge in [-0.3, -0.25) is 18.9 Å². The molecule has 1 fully saturated rings. The molecule has 11 heteroatoms. The minimum Gasteiger partial charge on any atom is -0.376 e. The molecule has 1 aromatic carbocycles. The maximum Gasteiger partial charge on any atom is 0.199 e. The van der Waals surface area contributed by atoms with Crippen molar-refractivity contribution in [3.8, 4) is 17.2 Å². The number of ether oxygens (including phenoxy) is 1. The van der Waals surface area contributed by atoms with Gasteiger partial charge < -0.3 is 4.74 Å². The van der Waals surface area contributed by atoms with Gasteiger partial charge >= 0.3 is 0 Å². The first-order chi connectivity index (χ1) is 16.1. The van der Waals surface area contributed by atoms with Crippen molar-refractivity contribution >= 4 is 24.0 Å². The van der Waals surface area contributed by atoms with E-state index in [1.807, 2.05) is 36.0 Å². The SMILES string of the molecule is CCc1ccccc1-n1c(CSc2nnc(-c3ccn(C)n3)n2C[C@H]2CCCO2)n[nH]c1=S. The van der Waals surface area contributed by atoms with Crippen molar-refractivity contribution in [1.82, 2.24) is 39.3 Å². The van der Waals surface area contributed by atoms with E-state index in [0.717, 1.165) is 54.1 Å². The van der Waals surface area contributed by atoms with E-state index in [0.29, 0.717) is 17.1 Å². The molecule has 1 aliphatic heterocycles. The Morgan fingerprint density at radius 1 is 1.24 bits per heavy atom. The highest BCUT2D eigenvalue weighted by molar-refractivity contribution is 7.98. The number of aromatic amines is 1. The van der Waals surface area contributed by atoms with Crippen LogP contribution in [0.3, 0.4) is 0 Å². The normalized spacial score (nSPS) is 16.0. The molecule has 4 aromatic rings. The van der Waals surface area contributed by atoms with Gasteiger partial charge in [0.05, 0.1) is 24.1 Å². The van der Waals surface area contributed by atoms with Crippen LogP contribution in [0.5, 0.6) is 0 Å². The maximum absolute atomic E-state index is 5.90. The van der Waals surface area contributed by atoms with E-state index in [1.165, 1.54) is 5.56 Å². The molecule has 0 radical (unpaired) electrons. The summed E-state index contributed by atoms with van der Waals surface area (Å²) in [5.74, 6) is 2.19. The monoisotopic (exact) mass is 482 g/mol. The molecule has 3 aromatic heterocycles. The molecule has 172 valence electrons. The second-order valence-electron chi connectivity index (χ2n) is 7.98. The number of H-pyrrole nitrogens is 1. The third-order valence-electron chi connectivity index (χ3n) is 5.76. The van der Waals surface area contributed by atoms with Crippen LogP contribution in [-0.2, 0) is 30.5 Å². The zero-order valence-corrected chi connectivity index (χ0v) is 20.3. The fraction of sp³-hybridized carbons (Fsp3) is 0.409. The fourth-order valence-corrected chi connectivity index (χ4v) is 5.22. The first-order valence-corrected chi connectivity index (χ1v) is 12.5. The maximum atomic E-state index is 5.90. The van der Waals surface area contributed by atoms with Crippen molar-refractivity contribution in [2.75, 3.05) is 6.61 Å². The lowest BCUT2D eigenvalue weighted by Gasteiger charge is -2.14. The summed E-state index contributed by atoms with van der Waals surface area (Å²) in [5, 5.41) is 21.8. The highest BCUT2D eigenvalue weighted by Gasteiger charge is 2.23.